The van der Waals surface area contributed by atoms with Gasteiger partial charge >= 0.3 is 11.8 Å². The normalized spacial score (nSPS) is 14.8. The van der Waals surface area contributed by atoms with Gasteiger partial charge in [-0.05, 0) is 49.1 Å². The van der Waals surface area contributed by atoms with E-state index in [4.69, 9.17) is 16.1 Å². The quantitative estimate of drug-likeness (QED) is 0.557. The molecule has 0 spiro atoms. The summed E-state index contributed by atoms with van der Waals surface area (Å²) in [7, 11) is -3.80. The van der Waals surface area contributed by atoms with Crippen molar-refractivity contribution in [3.63, 3.8) is 0 Å². The summed E-state index contributed by atoms with van der Waals surface area (Å²) in [5, 5.41) is 4.50. The maximum Gasteiger partial charge on any atom is 0.316 e. The first-order valence-corrected chi connectivity index (χ1v) is 12.7. The molecule has 1 saturated heterocycles. The summed E-state index contributed by atoms with van der Waals surface area (Å²) in [6, 6.07) is 11.8. The summed E-state index contributed by atoms with van der Waals surface area (Å²) in [5.74, 6) is -0.208. The van der Waals surface area contributed by atoms with Crippen molar-refractivity contribution in [2.24, 2.45) is 0 Å². The highest BCUT2D eigenvalue weighted by molar-refractivity contribution is 7.89. The van der Waals surface area contributed by atoms with Crippen LogP contribution in [0.4, 0.5) is 0 Å². The number of carbonyl (C=O) groups excluding carboxylic acids is 1. The van der Waals surface area contributed by atoms with Crippen molar-refractivity contribution in [2.75, 3.05) is 13.1 Å². The lowest BCUT2D eigenvalue weighted by molar-refractivity contribution is 0.0711. The second-order valence-corrected chi connectivity index (χ2v) is 10.2. The number of aryl methyl sites for hydroxylation is 1. The minimum atomic E-state index is -3.80. The SMILES string of the molecule is Cc1ccc(-c2noc(C(=O)N3CCCCCC3)n2)cc1S(=O)(=O)NCc1ccc(Cl)cc1. The molecule has 0 aliphatic carbocycles. The molecule has 3 aromatic rings. The number of hydrogen-bond donors (Lipinski definition) is 1. The molecule has 2 aromatic carbocycles. The van der Waals surface area contributed by atoms with Crippen LogP contribution in [0, 0.1) is 6.92 Å². The highest BCUT2D eigenvalue weighted by atomic mass is 35.5. The maximum atomic E-state index is 13.0. The molecule has 8 nitrogen and oxygen atoms in total. The van der Waals surface area contributed by atoms with Gasteiger partial charge in [-0.3, -0.25) is 4.79 Å². The predicted octanol–water partition coefficient (Wildman–Crippen LogP) is 4.19. The van der Waals surface area contributed by atoms with E-state index in [1.54, 1.807) is 48.2 Å². The van der Waals surface area contributed by atoms with E-state index in [1.807, 2.05) is 0 Å². The molecular formula is C23H25ClN4O4S. The molecule has 1 aliphatic heterocycles. The smallest absolute Gasteiger partial charge is 0.316 e. The molecule has 1 aliphatic rings. The minimum Gasteiger partial charge on any atom is -0.334 e. The lowest BCUT2D eigenvalue weighted by Gasteiger charge is -2.17. The van der Waals surface area contributed by atoms with Crippen molar-refractivity contribution >= 4 is 27.5 Å². The fourth-order valence-corrected chi connectivity index (χ4v) is 5.14. The number of rotatable bonds is 6. The Labute approximate surface area is 198 Å². The second kappa shape index (κ2) is 10.0. The summed E-state index contributed by atoms with van der Waals surface area (Å²) in [6.45, 7) is 3.18. The molecule has 1 N–H and O–H groups in total. The molecule has 1 fully saturated rings. The van der Waals surface area contributed by atoms with Crippen molar-refractivity contribution in [1.29, 1.82) is 0 Å². The standard InChI is InChI=1S/C23H25ClN4O4S/c1-16-6-9-18(14-20(16)33(30,31)25-15-17-7-10-19(24)11-8-17)21-26-22(32-27-21)23(29)28-12-4-2-3-5-13-28/h6-11,14,25H,2-5,12-13,15H2,1H3. The van der Waals surface area contributed by atoms with Crippen LogP contribution < -0.4 is 4.72 Å². The molecule has 2 heterocycles. The van der Waals surface area contributed by atoms with Crippen LogP contribution in [0.3, 0.4) is 0 Å². The lowest BCUT2D eigenvalue weighted by Crippen LogP contribution is -2.32. The molecule has 33 heavy (non-hydrogen) atoms. The Hall–Kier alpha value is -2.75. The first kappa shape index (κ1) is 23.4. The van der Waals surface area contributed by atoms with Crippen LogP contribution in [0.1, 0.15) is 47.5 Å². The minimum absolute atomic E-state index is 0.0854. The number of benzene rings is 2. The van der Waals surface area contributed by atoms with Crippen LogP contribution in [-0.4, -0.2) is 42.5 Å². The molecular weight excluding hydrogens is 464 g/mol. The fraction of sp³-hybridized carbons (Fsp3) is 0.348. The van der Waals surface area contributed by atoms with Gasteiger partial charge in [0.05, 0.1) is 4.90 Å². The first-order valence-electron chi connectivity index (χ1n) is 10.8. The Morgan fingerprint density at radius 1 is 1.09 bits per heavy atom. The summed E-state index contributed by atoms with van der Waals surface area (Å²) in [5.41, 5.74) is 1.81. The summed E-state index contributed by atoms with van der Waals surface area (Å²) >= 11 is 5.88. The van der Waals surface area contributed by atoms with Crippen LogP contribution in [-0.2, 0) is 16.6 Å². The van der Waals surface area contributed by atoms with E-state index in [0.717, 1.165) is 31.2 Å². The van der Waals surface area contributed by atoms with Gasteiger partial charge in [0.15, 0.2) is 0 Å². The van der Waals surface area contributed by atoms with Gasteiger partial charge in [-0.15, -0.1) is 0 Å². The molecule has 10 heteroatoms. The van der Waals surface area contributed by atoms with E-state index >= 15 is 0 Å². The first-order chi connectivity index (χ1) is 15.8. The molecule has 0 saturated carbocycles. The number of nitrogens with zero attached hydrogens (tertiary/aromatic N) is 3. The molecule has 0 atom stereocenters. The Balaban J connectivity index is 1.53. The van der Waals surface area contributed by atoms with Crippen molar-refractivity contribution in [3.8, 4) is 11.4 Å². The van der Waals surface area contributed by atoms with Crippen LogP contribution in [0.15, 0.2) is 51.9 Å². The number of likely N-dealkylation sites (tertiary alicyclic amines) is 1. The van der Waals surface area contributed by atoms with Gasteiger partial charge in [0.1, 0.15) is 0 Å². The van der Waals surface area contributed by atoms with Gasteiger partial charge in [-0.25, -0.2) is 13.1 Å². The van der Waals surface area contributed by atoms with E-state index < -0.39 is 10.0 Å². The van der Waals surface area contributed by atoms with Crippen molar-refractivity contribution in [3.05, 3.63) is 64.5 Å². The Morgan fingerprint density at radius 3 is 2.48 bits per heavy atom. The Kier molecular flexibility index (Phi) is 7.11. The monoisotopic (exact) mass is 488 g/mol. The van der Waals surface area contributed by atoms with Crippen LogP contribution in [0.25, 0.3) is 11.4 Å². The zero-order chi connectivity index (χ0) is 23.4. The number of amides is 1. The molecule has 4 rings (SSSR count). The Bertz CT molecular complexity index is 1230. The number of sulfonamides is 1. The average Bonchev–Trinajstić information content (AvgIpc) is 3.14. The van der Waals surface area contributed by atoms with Crippen LogP contribution in [0.5, 0.6) is 0 Å². The van der Waals surface area contributed by atoms with E-state index in [2.05, 4.69) is 14.9 Å². The molecule has 1 amide bonds. The van der Waals surface area contributed by atoms with Gasteiger partial charge in [0.25, 0.3) is 0 Å². The highest BCUT2D eigenvalue weighted by Gasteiger charge is 2.24. The topological polar surface area (TPSA) is 105 Å². The highest BCUT2D eigenvalue weighted by Crippen LogP contribution is 2.24. The number of halogens is 1. The van der Waals surface area contributed by atoms with Crippen LogP contribution in [0.2, 0.25) is 5.02 Å². The lowest BCUT2D eigenvalue weighted by atomic mass is 10.1. The fourth-order valence-electron chi connectivity index (χ4n) is 3.72. The van der Waals surface area contributed by atoms with Gasteiger partial charge in [0.2, 0.25) is 15.8 Å². The van der Waals surface area contributed by atoms with E-state index in [-0.39, 0.29) is 29.1 Å². The summed E-state index contributed by atoms with van der Waals surface area (Å²) < 4.78 is 33.8. The van der Waals surface area contributed by atoms with E-state index in [0.29, 0.717) is 29.2 Å². The third kappa shape index (κ3) is 5.61. The average molecular weight is 489 g/mol. The van der Waals surface area contributed by atoms with Crippen molar-refractivity contribution in [1.82, 2.24) is 19.8 Å². The van der Waals surface area contributed by atoms with Gasteiger partial charge in [0, 0.05) is 30.2 Å². The van der Waals surface area contributed by atoms with Crippen LogP contribution >= 0.6 is 11.6 Å². The third-order valence-corrected chi connectivity index (χ3v) is 7.41. The van der Waals surface area contributed by atoms with Gasteiger partial charge in [-0.2, -0.15) is 4.98 Å². The van der Waals surface area contributed by atoms with Crippen molar-refractivity contribution < 1.29 is 17.7 Å². The molecule has 174 valence electrons. The maximum absolute atomic E-state index is 13.0. The third-order valence-electron chi connectivity index (χ3n) is 5.62. The summed E-state index contributed by atoms with van der Waals surface area (Å²) in [4.78, 5) is 18.8. The van der Waals surface area contributed by atoms with Gasteiger partial charge in [-0.1, -0.05) is 53.9 Å². The molecule has 0 bridgehead atoms. The summed E-state index contributed by atoms with van der Waals surface area (Å²) in [6.07, 6.45) is 4.11. The largest absolute Gasteiger partial charge is 0.334 e. The zero-order valence-corrected chi connectivity index (χ0v) is 19.8. The molecule has 0 radical (unpaired) electrons. The number of hydrogen-bond acceptors (Lipinski definition) is 6. The number of nitrogens with one attached hydrogen (secondary N) is 1. The predicted molar refractivity (Wildman–Crippen MR) is 124 cm³/mol. The molecule has 1 aromatic heterocycles. The Morgan fingerprint density at radius 2 is 1.79 bits per heavy atom. The molecule has 0 unspecified atom stereocenters. The number of carbonyl (C=O) groups is 1. The zero-order valence-electron chi connectivity index (χ0n) is 18.3. The van der Waals surface area contributed by atoms with Gasteiger partial charge < -0.3 is 9.42 Å². The number of aromatic nitrogens is 2. The van der Waals surface area contributed by atoms with Crippen molar-refractivity contribution in [2.45, 2.75) is 44.0 Å². The second-order valence-electron chi connectivity index (χ2n) is 8.06. The van der Waals surface area contributed by atoms with E-state index in [9.17, 15) is 13.2 Å². The van der Waals surface area contributed by atoms with E-state index in [1.165, 1.54) is 6.07 Å².